The number of hydrogen-bond donors (Lipinski definition) is 0. The molecule has 50 heavy (non-hydrogen) atoms. The molecule has 0 spiro atoms. The molecule has 0 unspecified atom stereocenters. The van der Waals surface area contributed by atoms with Gasteiger partial charge < -0.3 is 9.32 Å². The van der Waals surface area contributed by atoms with E-state index in [1.54, 1.807) is 0 Å². The highest BCUT2D eigenvalue weighted by Crippen LogP contribution is 2.46. The summed E-state index contributed by atoms with van der Waals surface area (Å²) in [5.74, 6) is 0. The fourth-order valence-corrected chi connectivity index (χ4v) is 7.01. The number of para-hydroxylation sites is 2. The van der Waals surface area contributed by atoms with Crippen LogP contribution >= 0.6 is 0 Å². The number of anilines is 3. The largest absolute Gasteiger partial charge is 0.455 e. The Morgan fingerprint density at radius 1 is 0.320 bits per heavy atom. The Kier molecular flexibility index (Phi) is 7.53. The summed E-state index contributed by atoms with van der Waals surface area (Å²) < 4.78 is 6.64. The van der Waals surface area contributed by atoms with Crippen LogP contribution in [0.15, 0.2) is 205 Å². The maximum atomic E-state index is 6.64. The first-order chi connectivity index (χ1) is 24.8. The SMILES string of the molecule is c1ccc(-c2ccc(N(c3ccc(-c4ccccc4)cc3)c3ccc(-c4ccccc4)cc3-c3cccc4c3oc3ccccc34)cc2)cc1. The van der Waals surface area contributed by atoms with Crippen LogP contribution in [-0.2, 0) is 0 Å². The number of nitrogens with zero attached hydrogens (tertiary/aromatic N) is 1. The highest BCUT2D eigenvalue weighted by atomic mass is 16.3. The second kappa shape index (κ2) is 12.8. The quantitative estimate of drug-likeness (QED) is 0.173. The molecule has 9 aromatic rings. The van der Waals surface area contributed by atoms with Crippen molar-refractivity contribution in [3.8, 4) is 44.5 Å². The number of furan rings is 1. The third-order valence-electron chi connectivity index (χ3n) is 9.50. The van der Waals surface area contributed by atoms with E-state index in [0.29, 0.717) is 0 Å². The standard InChI is InChI=1S/C48H33NO/c1-4-13-34(14-5-1)37-23-28-40(29-24-37)49(41-30-25-38(26-31-41)35-15-6-2-7-16-35)46-32-27-39(36-17-8-3-9-18-36)33-45(46)44-21-12-20-43-42-19-10-11-22-47(42)50-48(43)44/h1-33H. The van der Waals surface area contributed by atoms with Crippen LogP contribution in [0.3, 0.4) is 0 Å². The van der Waals surface area contributed by atoms with E-state index >= 15 is 0 Å². The van der Waals surface area contributed by atoms with E-state index < -0.39 is 0 Å². The molecule has 1 heterocycles. The van der Waals surface area contributed by atoms with Gasteiger partial charge in [0.05, 0.1) is 5.69 Å². The Morgan fingerprint density at radius 2 is 0.780 bits per heavy atom. The van der Waals surface area contributed by atoms with Gasteiger partial charge in [0, 0.05) is 33.3 Å². The minimum absolute atomic E-state index is 0.888. The summed E-state index contributed by atoms with van der Waals surface area (Å²) in [5.41, 5.74) is 14.2. The molecule has 0 radical (unpaired) electrons. The fraction of sp³-hybridized carbons (Fsp3) is 0. The number of benzene rings is 8. The van der Waals surface area contributed by atoms with E-state index in [1.807, 2.05) is 6.07 Å². The lowest BCUT2D eigenvalue weighted by molar-refractivity contribution is 0.670. The van der Waals surface area contributed by atoms with Crippen LogP contribution in [0.4, 0.5) is 17.1 Å². The molecule has 2 nitrogen and oxygen atoms in total. The zero-order chi connectivity index (χ0) is 33.3. The molecule has 0 saturated heterocycles. The molecular weight excluding hydrogens is 607 g/mol. The van der Waals surface area contributed by atoms with Crippen LogP contribution in [0, 0.1) is 0 Å². The smallest absolute Gasteiger partial charge is 0.143 e. The molecule has 0 N–H and O–H groups in total. The molecule has 0 fully saturated rings. The van der Waals surface area contributed by atoms with Crippen LogP contribution in [0.25, 0.3) is 66.4 Å². The molecule has 0 amide bonds. The zero-order valence-electron chi connectivity index (χ0n) is 27.4. The zero-order valence-corrected chi connectivity index (χ0v) is 27.4. The van der Waals surface area contributed by atoms with Crippen LogP contribution in [0.2, 0.25) is 0 Å². The molecule has 0 aliphatic heterocycles. The van der Waals surface area contributed by atoms with Crippen molar-refractivity contribution in [2.75, 3.05) is 4.90 Å². The van der Waals surface area contributed by atoms with E-state index in [1.165, 1.54) is 27.8 Å². The molecule has 0 aliphatic carbocycles. The minimum atomic E-state index is 0.888. The number of hydrogen-bond acceptors (Lipinski definition) is 2. The second-order valence-electron chi connectivity index (χ2n) is 12.5. The number of fused-ring (bicyclic) bond motifs is 3. The van der Waals surface area contributed by atoms with E-state index in [4.69, 9.17) is 4.42 Å². The molecule has 1 aromatic heterocycles. The second-order valence-corrected chi connectivity index (χ2v) is 12.5. The van der Waals surface area contributed by atoms with E-state index in [-0.39, 0.29) is 0 Å². The molecule has 0 atom stereocenters. The van der Waals surface area contributed by atoms with Gasteiger partial charge in [0.1, 0.15) is 11.2 Å². The average Bonchev–Trinajstić information content (AvgIpc) is 3.59. The minimum Gasteiger partial charge on any atom is -0.455 e. The highest BCUT2D eigenvalue weighted by molar-refractivity contribution is 6.11. The van der Waals surface area contributed by atoms with E-state index in [9.17, 15) is 0 Å². The van der Waals surface area contributed by atoms with Crippen molar-refractivity contribution in [1.82, 2.24) is 0 Å². The average molecular weight is 640 g/mol. The molecule has 9 rings (SSSR count). The topological polar surface area (TPSA) is 16.4 Å². The van der Waals surface area contributed by atoms with Crippen LogP contribution in [0.1, 0.15) is 0 Å². The van der Waals surface area contributed by atoms with Crippen LogP contribution in [-0.4, -0.2) is 0 Å². The maximum absolute atomic E-state index is 6.64. The third-order valence-corrected chi connectivity index (χ3v) is 9.50. The summed E-state index contributed by atoms with van der Waals surface area (Å²) in [7, 11) is 0. The van der Waals surface area contributed by atoms with Gasteiger partial charge in [0.15, 0.2) is 0 Å². The first-order valence-electron chi connectivity index (χ1n) is 17.0. The van der Waals surface area contributed by atoms with Crippen molar-refractivity contribution >= 4 is 39.0 Å². The van der Waals surface area contributed by atoms with E-state index in [0.717, 1.165) is 55.7 Å². The molecule has 0 bridgehead atoms. The van der Waals surface area contributed by atoms with Crippen LogP contribution in [0.5, 0.6) is 0 Å². The van der Waals surface area contributed by atoms with Crippen molar-refractivity contribution in [3.63, 3.8) is 0 Å². The Bertz CT molecular complexity index is 2470. The molecule has 236 valence electrons. The molecule has 0 saturated carbocycles. The van der Waals surface area contributed by atoms with Gasteiger partial charge in [0.2, 0.25) is 0 Å². The summed E-state index contributed by atoms with van der Waals surface area (Å²) in [5, 5.41) is 2.23. The lowest BCUT2D eigenvalue weighted by Gasteiger charge is -2.29. The monoisotopic (exact) mass is 639 g/mol. The highest BCUT2D eigenvalue weighted by Gasteiger charge is 2.21. The first kappa shape index (κ1) is 29.5. The van der Waals surface area contributed by atoms with Crippen molar-refractivity contribution in [3.05, 3.63) is 200 Å². The van der Waals surface area contributed by atoms with Gasteiger partial charge >= 0.3 is 0 Å². The first-order valence-corrected chi connectivity index (χ1v) is 17.0. The van der Waals surface area contributed by atoms with Gasteiger partial charge in [0.25, 0.3) is 0 Å². The van der Waals surface area contributed by atoms with Gasteiger partial charge in [-0.2, -0.15) is 0 Å². The predicted octanol–water partition coefficient (Wildman–Crippen LogP) is 13.7. The summed E-state index contributed by atoms with van der Waals surface area (Å²) in [6.45, 7) is 0. The third kappa shape index (κ3) is 5.43. The summed E-state index contributed by atoms with van der Waals surface area (Å²) in [6, 6.07) is 71.0. The molecular formula is C48H33NO. The van der Waals surface area contributed by atoms with Gasteiger partial charge in [-0.05, 0) is 75.8 Å². The van der Waals surface area contributed by atoms with Crippen molar-refractivity contribution < 1.29 is 4.42 Å². The summed E-state index contributed by atoms with van der Waals surface area (Å²) in [4.78, 5) is 2.37. The van der Waals surface area contributed by atoms with Crippen molar-refractivity contribution in [1.29, 1.82) is 0 Å². The maximum Gasteiger partial charge on any atom is 0.143 e. The van der Waals surface area contributed by atoms with Gasteiger partial charge in [-0.15, -0.1) is 0 Å². The Labute approximate surface area is 292 Å². The van der Waals surface area contributed by atoms with Gasteiger partial charge in [-0.1, -0.05) is 158 Å². The van der Waals surface area contributed by atoms with Gasteiger partial charge in [-0.3, -0.25) is 0 Å². The molecule has 2 heteroatoms. The lowest BCUT2D eigenvalue weighted by Crippen LogP contribution is -2.11. The van der Waals surface area contributed by atoms with Crippen molar-refractivity contribution in [2.45, 2.75) is 0 Å². The van der Waals surface area contributed by atoms with Gasteiger partial charge in [-0.25, -0.2) is 0 Å². The summed E-state index contributed by atoms with van der Waals surface area (Å²) >= 11 is 0. The Hall–Kier alpha value is -6.64. The van der Waals surface area contributed by atoms with Crippen LogP contribution < -0.4 is 4.90 Å². The normalized spacial score (nSPS) is 11.2. The number of rotatable bonds is 7. The van der Waals surface area contributed by atoms with E-state index in [2.05, 4.69) is 199 Å². The Balaban J connectivity index is 1.27. The molecule has 0 aliphatic rings. The summed E-state index contributed by atoms with van der Waals surface area (Å²) in [6.07, 6.45) is 0. The Morgan fingerprint density at radius 3 is 1.36 bits per heavy atom. The van der Waals surface area contributed by atoms with Crippen molar-refractivity contribution in [2.24, 2.45) is 0 Å². The predicted molar refractivity (Wildman–Crippen MR) is 210 cm³/mol. The molecule has 8 aromatic carbocycles. The fourth-order valence-electron chi connectivity index (χ4n) is 7.01. The lowest BCUT2D eigenvalue weighted by atomic mass is 9.94.